The van der Waals surface area contributed by atoms with Crippen LogP contribution in [0.3, 0.4) is 0 Å². The lowest BCUT2D eigenvalue weighted by atomic mass is 10.1. The number of carboxylic acid groups (broad SMARTS) is 1. The van der Waals surface area contributed by atoms with Crippen molar-refractivity contribution in [2.45, 2.75) is 161 Å². The molecule has 0 aliphatic heterocycles. The minimum Gasteiger partial charge on any atom is -0.480 e. The third-order valence-corrected chi connectivity index (χ3v) is 7.19. The van der Waals surface area contributed by atoms with E-state index < -0.39 is 5.97 Å². The summed E-state index contributed by atoms with van der Waals surface area (Å²) in [6.07, 6.45) is 39.9. The number of esters is 1. The van der Waals surface area contributed by atoms with Crippen molar-refractivity contribution in [3.05, 3.63) is 48.6 Å². The van der Waals surface area contributed by atoms with Gasteiger partial charge >= 0.3 is 11.9 Å². The van der Waals surface area contributed by atoms with Crippen LogP contribution in [0.1, 0.15) is 155 Å². The highest BCUT2D eigenvalue weighted by atomic mass is 16.5. The molecule has 0 fully saturated rings. The van der Waals surface area contributed by atoms with Crippen LogP contribution in [0.15, 0.2) is 48.6 Å². The quantitative estimate of drug-likeness (QED) is 0.0485. The highest BCUT2D eigenvalue weighted by Crippen LogP contribution is 2.14. The number of carbonyl (C=O) groups excluding carboxylic acids is 2. The SMILES string of the molecule is CCC/C=C\C(CCCCCCC(=O)NCC(=O)O)OC(=O)CCCCCCCC/C=C\C/C=C\C/C=C\CCCCC. The van der Waals surface area contributed by atoms with Crippen LogP contribution in [0.5, 0.6) is 0 Å². The highest BCUT2D eigenvalue weighted by molar-refractivity contribution is 5.80. The van der Waals surface area contributed by atoms with Crippen LogP contribution < -0.4 is 5.32 Å². The molecule has 246 valence electrons. The molecule has 0 bridgehead atoms. The van der Waals surface area contributed by atoms with Gasteiger partial charge in [-0.05, 0) is 76.7 Å². The molecule has 1 amide bonds. The maximum absolute atomic E-state index is 12.4. The van der Waals surface area contributed by atoms with Gasteiger partial charge in [-0.15, -0.1) is 0 Å². The van der Waals surface area contributed by atoms with Crippen molar-refractivity contribution in [2.24, 2.45) is 0 Å². The molecule has 0 aromatic rings. The predicted octanol–water partition coefficient (Wildman–Crippen LogP) is 9.95. The zero-order valence-corrected chi connectivity index (χ0v) is 27.5. The lowest BCUT2D eigenvalue weighted by Crippen LogP contribution is -2.28. The Hall–Kier alpha value is -2.63. The number of allylic oxidation sites excluding steroid dienone is 7. The molecule has 0 heterocycles. The molecule has 1 atom stereocenters. The van der Waals surface area contributed by atoms with Gasteiger partial charge in [-0.25, -0.2) is 0 Å². The van der Waals surface area contributed by atoms with E-state index in [2.05, 4.69) is 61.7 Å². The summed E-state index contributed by atoms with van der Waals surface area (Å²) in [5.74, 6) is -1.36. The first-order valence-corrected chi connectivity index (χ1v) is 17.3. The standard InChI is InChI=1S/C37H63NO5/c1-3-5-7-8-9-10-11-12-13-14-15-16-17-18-19-20-21-22-28-32-37(42)43-34(29-25-6-4-2)30-26-23-24-27-31-35(39)38-33-36(40)41/h9-10,12-13,15-16,25,29,34H,3-8,11,14,17-24,26-28,30-33H2,1-2H3,(H,38,39)(H,40,41)/b10-9-,13-12-,16-15-,29-25-. The maximum atomic E-state index is 12.4. The fourth-order valence-electron chi connectivity index (χ4n) is 4.61. The molecule has 2 N–H and O–H groups in total. The van der Waals surface area contributed by atoms with Crippen LogP contribution in [-0.2, 0) is 19.1 Å². The van der Waals surface area contributed by atoms with Crippen LogP contribution in [0.4, 0.5) is 0 Å². The van der Waals surface area contributed by atoms with Crippen molar-refractivity contribution in [3.63, 3.8) is 0 Å². The number of unbranched alkanes of at least 4 members (excludes halogenated alkanes) is 13. The summed E-state index contributed by atoms with van der Waals surface area (Å²) in [6, 6.07) is 0. The molecule has 6 heteroatoms. The van der Waals surface area contributed by atoms with Crippen LogP contribution in [-0.4, -0.2) is 35.6 Å². The molecule has 0 aliphatic rings. The zero-order chi connectivity index (χ0) is 31.6. The van der Waals surface area contributed by atoms with Crippen molar-refractivity contribution in [1.82, 2.24) is 5.32 Å². The number of carboxylic acids is 1. The summed E-state index contributed by atoms with van der Waals surface area (Å²) >= 11 is 0. The maximum Gasteiger partial charge on any atom is 0.322 e. The highest BCUT2D eigenvalue weighted by Gasteiger charge is 2.11. The monoisotopic (exact) mass is 601 g/mol. The summed E-state index contributed by atoms with van der Waals surface area (Å²) in [4.78, 5) is 34.5. The second kappa shape index (κ2) is 32.3. The molecular weight excluding hydrogens is 538 g/mol. The summed E-state index contributed by atoms with van der Waals surface area (Å²) in [7, 11) is 0. The van der Waals surface area contributed by atoms with Gasteiger partial charge in [0.2, 0.25) is 5.91 Å². The molecule has 0 saturated heterocycles. The largest absolute Gasteiger partial charge is 0.480 e. The van der Waals surface area contributed by atoms with Crippen molar-refractivity contribution in [3.8, 4) is 0 Å². The first kappa shape index (κ1) is 40.4. The van der Waals surface area contributed by atoms with E-state index in [1.54, 1.807) is 0 Å². The number of hydrogen-bond acceptors (Lipinski definition) is 4. The Morgan fingerprint density at radius 2 is 1.19 bits per heavy atom. The second-order valence-electron chi connectivity index (χ2n) is 11.4. The lowest BCUT2D eigenvalue weighted by Gasteiger charge is -2.15. The molecular formula is C37H63NO5. The molecule has 43 heavy (non-hydrogen) atoms. The van der Waals surface area contributed by atoms with Gasteiger partial charge in [0.1, 0.15) is 12.6 Å². The van der Waals surface area contributed by atoms with Crippen LogP contribution in [0.2, 0.25) is 0 Å². The van der Waals surface area contributed by atoms with Gasteiger partial charge in [-0.2, -0.15) is 0 Å². The molecule has 0 spiro atoms. The predicted molar refractivity (Wildman–Crippen MR) is 180 cm³/mol. The van der Waals surface area contributed by atoms with Crippen LogP contribution >= 0.6 is 0 Å². The number of rotatable bonds is 30. The van der Waals surface area contributed by atoms with E-state index in [9.17, 15) is 14.4 Å². The van der Waals surface area contributed by atoms with E-state index in [0.717, 1.165) is 77.0 Å². The fourth-order valence-corrected chi connectivity index (χ4v) is 4.61. The van der Waals surface area contributed by atoms with Gasteiger partial charge in [0.15, 0.2) is 0 Å². The fraction of sp³-hybridized carbons (Fsp3) is 0.703. The Balaban J connectivity index is 3.86. The van der Waals surface area contributed by atoms with Crippen LogP contribution in [0, 0.1) is 0 Å². The van der Waals surface area contributed by atoms with E-state index >= 15 is 0 Å². The van der Waals surface area contributed by atoms with Crippen molar-refractivity contribution >= 4 is 17.8 Å². The third kappa shape index (κ3) is 32.1. The first-order chi connectivity index (χ1) is 21.0. The van der Waals surface area contributed by atoms with Crippen molar-refractivity contribution in [2.75, 3.05) is 6.54 Å². The molecule has 0 rings (SSSR count). The van der Waals surface area contributed by atoms with Gasteiger partial charge < -0.3 is 15.2 Å². The van der Waals surface area contributed by atoms with E-state index in [1.165, 1.54) is 51.4 Å². The average molecular weight is 602 g/mol. The van der Waals surface area contributed by atoms with E-state index in [4.69, 9.17) is 9.84 Å². The minimum atomic E-state index is -1.03. The number of aliphatic carboxylic acids is 1. The summed E-state index contributed by atoms with van der Waals surface area (Å²) in [6.45, 7) is 4.04. The Morgan fingerprint density at radius 1 is 0.628 bits per heavy atom. The Kier molecular flexibility index (Phi) is 30.3. The summed E-state index contributed by atoms with van der Waals surface area (Å²) in [5, 5.41) is 11.0. The number of amides is 1. The van der Waals surface area contributed by atoms with Gasteiger partial charge in [-0.3, -0.25) is 14.4 Å². The molecule has 0 aromatic heterocycles. The summed E-state index contributed by atoms with van der Waals surface area (Å²) < 4.78 is 5.77. The Bertz CT molecular complexity index is 799. The van der Waals surface area contributed by atoms with E-state index in [-0.39, 0.29) is 24.5 Å². The number of carbonyl (C=O) groups is 3. The molecule has 0 aliphatic carbocycles. The van der Waals surface area contributed by atoms with Gasteiger partial charge in [0.05, 0.1) is 0 Å². The molecule has 0 radical (unpaired) electrons. The zero-order valence-electron chi connectivity index (χ0n) is 27.5. The molecule has 0 aromatic carbocycles. The minimum absolute atomic E-state index is 0.108. The average Bonchev–Trinajstić information content (AvgIpc) is 2.98. The first-order valence-electron chi connectivity index (χ1n) is 17.3. The third-order valence-electron chi connectivity index (χ3n) is 7.19. The van der Waals surface area contributed by atoms with Gasteiger partial charge in [0, 0.05) is 12.8 Å². The van der Waals surface area contributed by atoms with Gasteiger partial charge in [0.25, 0.3) is 0 Å². The topological polar surface area (TPSA) is 92.7 Å². The molecule has 0 saturated carbocycles. The number of ether oxygens (including phenoxy) is 1. The van der Waals surface area contributed by atoms with Crippen LogP contribution in [0.25, 0.3) is 0 Å². The number of nitrogens with one attached hydrogen (secondary N) is 1. The molecule has 1 unspecified atom stereocenters. The Morgan fingerprint density at radius 3 is 1.81 bits per heavy atom. The molecule has 6 nitrogen and oxygen atoms in total. The van der Waals surface area contributed by atoms with Gasteiger partial charge in [-0.1, -0.05) is 114 Å². The van der Waals surface area contributed by atoms with Crippen molar-refractivity contribution < 1.29 is 24.2 Å². The van der Waals surface area contributed by atoms with Crippen molar-refractivity contribution in [1.29, 1.82) is 0 Å². The second-order valence-corrected chi connectivity index (χ2v) is 11.4. The van der Waals surface area contributed by atoms with E-state index in [0.29, 0.717) is 12.8 Å². The Labute approximate surface area is 263 Å². The smallest absolute Gasteiger partial charge is 0.322 e. The normalized spacial score (nSPS) is 12.6. The number of hydrogen-bond donors (Lipinski definition) is 2. The lowest BCUT2D eigenvalue weighted by molar-refractivity contribution is -0.147. The van der Waals surface area contributed by atoms with E-state index in [1.807, 2.05) is 6.08 Å². The summed E-state index contributed by atoms with van der Waals surface area (Å²) in [5.41, 5.74) is 0.